The Bertz CT molecular complexity index is 1420. The van der Waals surface area contributed by atoms with Gasteiger partial charge >= 0.3 is 0 Å². The summed E-state index contributed by atoms with van der Waals surface area (Å²) >= 11 is 0. The van der Waals surface area contributed by atoms with E-state index in [2.05, 4.69) is 35.1 Å². The highest BCUT2D eigenvalue weighted by Crippen LogP contribution is 2.56. The van der Waals surface area contributed by atoms with E-state index >= 15 is 0 Å². The Morgan fingerprint density at radius 3 is 2.62 bits per heavy atom. The van der Waals surface area contributed by atoms with E-state index in [1.54, 1.807) is 18.2 Å². The summed E-state index contributed by atoms with van der Waals surface area (Å²) in [6.07, 6.45) is 8.06. The van der Waals surface area contributed by atoms with E-state index in [0.29, 0.717) is 28.9 Å². The van der Waals surface area contributed by atoms with Crippen molar-refractivity contribution in [3.8, 4) is 0 Å². The number of benzene rings is 2. The Balaban J connectivity index is 1.33. The molecule has 40 heavy (non-hydrogen) atoms. The normalized spacial score (nSPS) is 22.0. The molecule has 2 amide bonds. The molecule has 2 aromatic rings. The summed E-state index contributed by atoms with van der Waals surface area (Å²) in [5.41, 5.74) is 10.8. The second-order valence-electron chi connectivity index (χ2n) is 12.3. The monoisotopic (exact) mass is 542 g/mol. The fourth-order valence-corrected chi connectivity index (χ4v) is 6.05. The molecule has 0 aromatic heterocycles. The lowest BCUT2D eigenvalue weighted by molar-refractivity contribution is 0.0857. The van der Waals surface area contributed by atoms with E-state index in [0.717, 1.165) is 59.6 Å². The van der Waals surface area contributed by atoms with Crippen molar-refractivity contribution in [2.75, 3.05) is 26.7 Å². The molecular formula is C33H42N4O3. The predicted molar refractivity (Wildman–Crippen MR) is 159 cm³/mol. The lowest BCUT2D eigenvalue weighted by Gasteiger charge is -2.36. The van der Waals surface area contributed by atoms with Gasteiger partial charge in [0, 0.05) is 36.5 Å². The molecule has 2 atom stereocenters. The van der Waals surface area contributed by atoms with Crippen LogP contribution >= 0.6 is 0 Å². The van der Waals surface area contributed by atoms with E-state index in [9.17, 15) is 14.7 Å². The molecule has 5 rings (SSSR count). The molecular weight excluding hydrogens is 500 g/mol. The van der Waals surface area contributed by atoms with Gasteiger partial charge in [-0.05, 0) is 109 Å². The first-order chi connectivity index (χ1) is 19.1. The maximum atomic E-state index is 13.4. The maximum Gasteiger partial charge on any atom is 0.251 e. The fraction of sp³-hybridized carbons (Fsp3) is 0.455. The predicted octanol–water partition coefficient (Wildman–Crippen LogP) is 2.59. The summed E-state index contributed by atoms with van der Waals surface area (Å²) in [6, 6.07) is 12.5. The van der Waals surface area contributed by atoms with E-state index in [1.807, 2.05) is 31.3 Å². The van der Waals surface area contributed by atoms with Gasteiger partial charge in [0.15, 0.2) is 0 Å². The van der Waals surface area contributed by atoms with Crippen LogP contribution in [-0.2, 0) is 0 Å². The second-order valence-corrected chi connectivity index (χ2v) is 12.3. The number of rotatable bonds is 9. The first kappa shape index (κ1) is 28.1. The van der Waals surface area contributed by atoms with Crippen LogP contribution < -0.4 is 26.8 Å². The van der Waals surface area contributed by atoms with Gasteiger partial charge in [-0.2, -0.15) is 0 Å². The van der Waals surface area contributed by atoms with E-state index in [-0.39, 0.29) is 24.5 Å². The molecule has 5 N–H and O–H groups in total. The van der Waals surface area contributed by atoms with Gasteiger partial charge in [0.1, 0.15) is 0 Å². The lowest BCUT2D eigenvalue weighted by Crippen LogP contribution is -2.57. The molecule has 1 saturated carbocycles. The molecule has 0 radical (unpaired) electrons. The van der Waals surface area contributed by atoms with Crippen LogP contribution in [0.3, 0.4) is 0 Å². The van der Waals surface area contributed by atoms with Gasteiger partial charge in [-0.3, -0.25) is 9.59 Å². The maximum absolute atomic E-state index is 13.4. The average Bonchev–Trinajstić information content (AvgIpc) is 3.68. The largest absolute Gasteiger partial charge is 0.402 e. The minimum Gasteiger partial charge on any atom is -0.402 e. The first-order valence-corrected chi connectivity index (χ1v) is 14.4. The number of aliphatic hydroxyl groups is 1. The number of nitrogens with one attached hydrogen (secondary N) is 2. The standard InChI is InChI=1S/C33H42N4O3/c1-21-7-8-24(16-25(21)17-26-18-27(9-10-29(26)34)33(2)12-13-33)32(40)36-30(11-14-38)22-5-4-6-23(15-22)31(39)35-28-19-37(3)20-28/h4-8,15-17,27-28,30,38H,1,9-14,18-20,34H2,2-3H3,(H,35,39)(H,36,40)/b25-17-/t27-,30+/m0/s1. The molecule has 3 aliphatic rings. The minimum atomic E-state index is -0.441. The molecule has 1 saturated heterocycles. The number of likely N-dealkylation sites (tertiary alicyclic amines) is 1. The van der Waals surface area contributed by atoms with Gasteiger partial charge < -0.3 is 26.4 Å². The van der Waals surface area contributed by atoms with Gasteiger partial charge in [0.2, 0.25) is 0 Å². The SMILES string of the molecule is C=c1ccc(C(=O)N[C@H](CCO)c2cccc(C(=O)NC3CN(C)C3)c2)c/c1=C/C1=C(N)CC[C@H](C2(C)CC2)C1. The van der Waals surface area contributed by atoms with Gasteiger partial charge in [-0.15, -0.1) is 0 Å². The molecule has 1 aliphatic heterocycles. The van der Waals surface area contributed by atoms with E-state index in [4.69, 9.17) is 5.73 Å². The van der Waals surface area contributed by atoms with Gasteiger partial charge in [-0.25, -0.2) is 0 Å². The van der Waals surface area contributed by atoms with Crippen LogP contribution in [0.1, 0.15) is 77.8 Å². The van der Waals surface area contributed by atoms with Crippen molar-refractivity contribution in [2.24, 2.45) is 17.1 Å². The average molecular weight is 543 g/mol. The van der Waals surface area contributed by atoms with Crippen molar-refractivity contribution in [3.05, 3.63) is 80.9 Å². The van der Waals surface area contributed by atoms with Crippen molar-refractivity contribution in [1.29, 1.82) is 0 Å². The Morgan fingerprint density at radius 2 is 1.93 bits per heavy atom. The Labute approximate surface area is 236 Å². The highest BCUT2D eigenvalue weighted by Gasteiger charge is 2.45. The Kier molecular flexibility index (Phi) is 8.15. The van der Waals surface area contributed by atoms with Crippen LogP contribution in [0.4, 0.5) is 0 Å². The Hall–Kier alpha value is -3.42. The third-order valence-electron chi connectivity index (χ3n) is 9.08. The van der Waals surface area contributed by atoms with Crippen LogP contribution in [0.25, 0.3) is 12.7 Å². The number of aliphatic hydroxyl groups excluding tert-OH is 1. The number of nitrogens with two attached hydrogens (primary N) is 1. The Morgan fingerprint density at radius 1 is 1.18 bits per heavy atom. The van der Waals surface area contributed by atoms with Crippen LogP contribution in [0, 0.1) is 11.3 Å². The number of nitrogens with zero attached hydrogens (tertiary/aromatic N) is 1. The highest BCUT2D eigenvalue weighted by molar-refractivity contribution is 5.95. The minimum absolute atomic E-state index is 0.0971. The topological polar surface area (TPSA) is 108 Å². The molecule has 2 aliphatic carbocycles. The number of allylic oxidation sites excluding steroid dienone is 2. The summed E-state index contributed by atoms with van der Waals surface area (Å²) in [7, 11) is 2.02. The number of carbonyl (C=O) groups excluding carboxylic acids is 2. The number of hydrogen-bond acceptors (Lipinski definition) is 5. The number of amides is 2. The third-order valence-corrected chi connectivity index (χ3v) is 9.08. The number of hydrogen-bond donors (Lipinski definition) is 4. The zero-order chi connectivity index (χ0) is 28.4. The van der Waals surface area contributed by atoms with Gasteiger partial charge in [0.05, 0.1) is 12.1 Å². The number of likely N-dealkylation sites (N-methyl/N-ethyl adjacent to an activating group) is 1. The number of carbonyl (C=O) groups is 2. The molecule has 7 nitrogen and oxygen atoms in total. The fourth-order valence-electron chi connectivity index (χ4n) is 6.05. The zero-order valence-electron chi connectivity index (χ0n) is 23.7. The molecule has 0 spiro atoms. The van der Waals surface area contributed by atoms with Gasteiger partial charge in [0.25, 0.3) is 11.8 Å². The van der Waals surface area contributed by atoms with Crippen molar-refractivity contribution in [1.82, 2.24) is 15.5 Å². The van der Waals surface area contributed by atoms with Crippen LogP contribution in [-0.4, -0.2) is 54.6 Å². The molecule has 0 unspecified atom stereocenters. The molecule has 0 bridgehead atoms. The van der Waals surface area contributed by atoms with Gasteiger partial charge in [-0.1, -0.05) is 31.7 Å². The van der Waals surface area contributed by atoms with Crippen molar-refractivity contribution >= 4 is 24.5 Å². The first-order valence-electron chi connectivity index (χ1n) is 14.4. The van der Waals surface area contributed by atoms with Crippen LogP contribution in [0.2, 0.25) is 0 Å². The summed E-state index contributed by atoms with van der Waals surface area (Å²) < 4.78 is 0. The quantitative estimate of drug-likeness (QED) is 0.390. The summed E-state index contributed by atoms with van der Waals surface area (Å²) in [5.74, 6) is 0.279. The molecule has 1 heterocycles. The highest BCUT2D eigenvalue weighted by atomic mass is 16.3. The third kappa shape index (κ3) is 6.31. The van der Waals surface area contributed by atoms with Crippen LogP contribution in [0.15, 0.2) is 53.7 Å². The lowest BCUT2D eigenvalue weighted by atomic mass is 9.77. The smallest absolute Gasteiger partial charge is 0.251 e. The molecule has 7 heteroatoms. The molecule has 2 aromatic carbocycles. The zero-order valence-corrected chi connectivity index (χ0v) is 23.7. The summed E-state index contributed by atoms with van der Waals surface area (Å²) in [5, 5.41) is 17.6. The molecule has 212 valence electrons. The van der Waals surface area contributed by atoms with Crippen LogP contribution in [0.5, 0.6) is 0 Å². The van der Waals surface area contributed by atoms with Crippen molar-refractivity contribution in [3.63, 3.8) is 0 Å². The molecule has 2 fully saturated rings. The summed E-state index contributed by atoms with van der Waals surface area (Å²) in [4.78, 5) is 28.3. The van der Waals surface area contributed by atoms with Crippen molar-refractivity contribution < 1.29 is 14.7 Å². The van der Waals surface area contributed by atoms with Crippen molar-refractivity contribution in [2.45, 2.75) is 57.5 Å². The van der Waals surface area contributed by atoms with E-state index < -0.39 is 6.04 Å². The second kappa shape index (κ2) is 11.6. The summed E-state index contributed by atoms with van der Waals surface area (Å²) in [6.45, 7) is 8.15. The van der Waals surface area contributed by atoms with E-state index in [1.165, 1.54) is 12.8 Å².